The van der Waals surface area contributed by atoms with E-state index in [-0.39, 0.29) is 10.5 Å². The molecule has 104 valence electrons. The molecule has 6 nitrogen and oxygen atoms in total. The topological polar surface area (TPSA) is 115 Å². The van der Waals surface area contributed by atoms with Gasteiger partial charge in [0, 0.05) is 0 Å². The quantitative estimate of drug-likeness (QED) is 0.842. The van der Waals surface area contributed by atoms with E-state index in [4.69, 9.17) is 10.8 Å². The Morgan fingerprint density at radius 3 is 2.21 bits per heavy atom. The zero-order valence-corrected chi connectivity index (χ0v) is 11.6. The molecule has 0 aliphatic heterocycles. The number of sulfone groups is 1. The molecule has 0 saturated heterocycles. The van der Waals surface area contributed by atoms with Gasteiger partial charge in [0.2, 0.25) is 5.91 Å². The van der Waals surface area contributed by atoms with E-state index in [0.717, 1.165) is 6.07 Å². The third-order valence-electron chi connectivity index (χ3n) is 3.04. The average molecular weight is 285 g/mol. The lowest BCUT2D eigenvalue weighted by atomic mass is 10.1. The van der Waals surface area contributed by atoms with Crippen molar-refractivity contribution in [2.45, 2.75) is 30.9 Å². The Kier molecular flexibility index (Phi) is 4.00. The summed E-state index contributed by atoms with van der Waals surface area (Å²) in [5.41, 5.74) is 5.81. The molecule has 0 heterocycles. The molecule has 3 N–H and O–H groups in total. The fourth-order valence-corrected chi connectivity index (χ4v) is 3.16. The number of nitrogens with two attached hydrogens (primary N) is 1. The first-order valence-corrected chi connectivity index (χ1v) is 7.01. The highest BCUT2D eigenvalue weighted by atomic mass is 32.2. The number of benzene rings is 1. The summed E-state index contributed by atoms with van der Waals surface area (Å²) in [6.45, 7) is 4.34. The highest BCUT2D eigenvalue weighted by Crippen LogP contribution is 2.24. The summed E-state index contributed by atoms with van der Waals surface area (Å²) in [7, 11) is -3.99. The average Bonchev–Trinajstić information content (AvgIpc) is 2.30. The summed E-state index contributed by atoms with van der Waals surface area (Å²) in [4.78, 5) is 21.9. The Hall–Kier alpha value is -1.89. The molecule has 0 aliphatic rings. The van der Waals surface area contributed by atoms with Crippen molar-refractivity contribution in [1.82, 2.24) is 0 Å². The summed E-state index contributed by atoms with van der Waals surface area (Å²) in [5, 5.41) is 7.54. The van der Waals surface area contributed by atoms with E-state index in [2.05, 4.69) is 0 Å². The molecule has 1 aromatic rings. The highest BCUT2D eigenvalue weighted by Gasteiger charge is 2.30. The van der Waals surface area contributed by atoms with Crippen molar-refractivity contribution in [3.63, 3.8) is 0 Å². The maximum Gasteiger partial charge on any atom is 0.335 e. The van der Waals surface area contributed by atoms with E-state index in [9.17, 15) is 18.0 Å². The predicted octanol–water partition coefficient (Wildman–Crippen LogP) is 0.649. The Morgan fingerprint density at radius 1 is 1.26 bits per heavy atom. The Balaban J connectivity index is 3.59. The van der Waals surface area contributed by atoms with E-state index in [1.165, 1.54) is 13.0 Å². The fourth-order valence-electron chi connectivity index (χ4n) is 1.59. The van der Waals surface area contributed by atoms with Crippen LogP contribution >= 0.6 is 0 Å². The van der Waals surface area contributed by atoms with Crippen molar-refractivity contribution in [2.75, 3.05) is 0 Å². The summed E-state index contributed by atoms with van der Waals surface area (Å²) in [6.07, 6.45) is 0. The minimum atomic E-state index is -3.99. The predicted molar refractivity (Wildman–Crippen MR) is 68.7 cm³/mol. The van der Waals surface area contributed by atoms with Gasteiger partial charge in [-0.15, -0.1) is 0 Å². The standard InChI is InChI=1S/C12H15NO5S/c1-6-4-9(12(15)16)5-10(7(6)2)19(17,18)8(3)11(13)14/h4-5,8H,1-3H3,(H2,13,14)(H,15,16). The van der Waals surface area contributed by atoms with Crippen LogP contribution in [-0.2, 0) is 14.6 Å². The Labute approximate surface area is 111 Å². The monoisotopic (exact) mass is 285 g/mol. The maximum absolute atomic E-state index is 12.2. The zero-order chi connectivity index (χ0) is 15.0. The third-order valence-corrected chi connectivity index (χ3v) is 5.24. The maximum atomic E-state index is 12.2. The van der Waals surface area contributed by atoms with Crippen LogP contribution in [0.3, 0.4) is 0 Å². The molecule has 1 unspecified atom stereocenters. The van der Waals surface area contributed by atoms with E-state index >= 15 is 0 Å². The molecular formula is C12H15NO5S. The van der Waals surface area contributed by atoms with Crippen LogP contribution in [0.15, 0.2) is 17.0 Å². The van der Waals surface area contributed by atoms with Gasteiger partial charge in [0.25, 0.3) is 0 Å². The molecule has 0 aliphatic carbocycles. The van der Waals surface area contributed by atoms with E-state index < -0.39 is 27.0 Å². The van der Waals surface area contributed by atoms with E-state index in [1.807, 2.05) is 0 Å². The van der Waals surface area contributed by atoms with Crippen LogP contribution < -0.4 is 5.73 Å². The lowest BCUT2D eigenvalue weighted by molar-refractivity contribution is -0.117. The summed E-state index contributed by atoms with van der Waals surface area (Å²) in [6, 6.07) is 2.44. The minimum absolute atomic E-state index is 0.140. The molecule has 0 aromatic heterocycles. The van der Waals surface area contributed by atoms with Crippen LogP contribution in [0.25, 0.3) is 0 Å². The van der Waals surface area contributed by atoms with Crippen molar-refractivity contribution in [2.24, 2.45) is 5.73 Å². The van der Waals surface area contributed by atoms with Crippen LogP contribution in [0.4, 0.5) is 0 Å². The number of aryl methyl sites for hydroxylation is 1. The molecule has 0 spiro atoms. The number of carbonyl (C=O) groups excluding carboxylic acids is 1. The molecule has 0 fully saturated rings. The number of primary amides is 1. The Morgan fingerprint density at radius 2 is 1.79 bits per heavy atom. The third kappa shape index (κ3) is 2.76. The summed E-state index contributed by atoms with van der Waals surface area (Å²) < 4.78 is 24.5. The molecule has 0 saturated carbocycles. The van der Waals surface area contributed by atoms with Crippen molar-refractivity contribution in [1.29, 1.82) is 0 Å². The smallest absolute Gasteiger partial charge is 0.335 e. The number of hydrogen-bond donors (Lipinski definition) is 2. The number of carboxylic acids is 1. The lowest BCUT2D eigenvalue weighted by Crippen LogP contribution is -2.33. The van der Waals surface area contributed by atoms with Gasteiger partial charge in [0.05, 0.1) is 10.5 Å². The van der Waals surface area contributed by atoms with Crippen molar-refractivity contribution in [3.05, 3.63) is 28.8 Å². The molecule has 1 amide bonds. The van der Waals surface area contributed by atoms with Gasteiger partial charge >= 0.3 is 5.97 Å². The number of aromatic carboxylic acids is 1. The fraction of sp³-hybridized carbons (Fsp3) is 0.333. The SMILES string of the molecule is Cc1cc(C(=O)O)cc(S(=O)(=O)C(C)C(N)=O)c1C. The number of amides is 1. The van der Waals surface area contributed by atoms with Crippen molar-refractivity contribution < 1.29 is 23.1 Å². The van der Waals surface area contributed by atoms with Crippen LogP contribution in [-0.4, -0.2) is 30.7 Å². The van der Waals surface area contributed by atoms with Crippen LogP contribution in [0.2, 0.25) is 0 Å². The lowest BCUT2D eigenvalue weighted by Gasteiger charge is -2.14. The van der Waals surface area contributed by atoms with Gasteiger partial charge < -0.3 is 10.8 Å². The normalized spacial score (nSPS) is 13.0. The number of carboxylic acid groups (broad SMARTS) is 1. The number of rotatable bonds is 4. The van der Waals surface area contributed by atoms with Crippen LogP contribution in [0.5, 0.6) is 0 Å². The van der Waals surface area contributed by atoms with Crippen LogP contribution in [0, 0.1) is 13.8 Å². The molecule has 1 aromatic carbocycles. The van der Waals surface area contributed by atoms with Gasteiger partial charge in [-0.3, -0.25) is 4.79 Å². The first-order valence-electron chi connectivity index (χ1n) is 5.46. The molecule has 0 bridgehead atoms. The van der Waals surface area contributed by atoms with Gasteiger partial charge in [-0.05, 0) is 44.0 Å². The zero-order valence-electron chi connectivity index (χ0n) is 10.8. The van der Waals surface area contributed by atoms with E-state index in [1.54, 1.807) is 13.8 Å². The van der Waals surface area contributed by atoms with Crippen LogP contribution in [0.1, 0.15) is 28.4 Å². The molecule has 0 radical (unpaired) electrons. The van der Waals surface area contributed by atoms with Gasteiger partial charge in [-0.25, -0.2) is 13.2 Å². The molecule has 19 heavy (non-hydrogen) atoms. The minimum Gasteiger partial charge on any atom is -0.478 e. The first-order chi connectivity index (χ1) is 8.59. The van der Waals surface area contributed by atoms with Crippen molar-refractivity contribution in [3.8, 4) is 0 Å². The largest absolute Gasteiger partial charge is 0.478 e. The van der Waals surface area contributed by atoms with Gasteiger partial charge in [0.1, 0.15) is 5.25 Å². The number of hydrogen-bond acceptors (Lipinski definition) is 4. The second-order valence-electron chi connectivity index (χ2n) is 4.31. The summed E-state index contributed by atoms with van der Waals surface area (Å²) in [5.74, 6) is -2.20. The molecule has 7 heteroatoms. The Bertz CT molecular complexity index is 648. The second-order valence-corrected chi connectivity index (χ2v) is 6.55. The second kappa shape index (κ2) is 5.00. The highest BCUT2D eigenvalue weighted by molar-refractivity contribution is 7.92. The van der Waals surface area contributed by atoms with Crippen molar-refractivity contribution >= 4 is 21.7 Å². The van der Waals surface area contributed by atoms with Gasteiger partial charge in [-0.2, -0.15) is 0 Å². The molecule has 1 rings (SSSR count). The summed E-state index contributed by atoms with van der Waals surface area (Å²) >= 11 is 0. The van der Waals surface area contributed by atoms with E-state index in [0.29, 0.717) is 11.1 Å². The van der Waals surface area contributed by atoms with Gasteiger partial charge in [0.15, 0.2) is 9.84 Å². The first kappa shape index (κ1) is 15.2. The number of carbonyl (C=O) groups is 2. The van der Waals surface area contributed by atoms with Gasteiger partial charge in [-0.1, -0.05) is 0 Å². The molecule has 1 atom stereocenters. The molecular weight excluding hydrogens is 270 g/mol.